The molecular formula is C7H11N3O3S. The maximum Gasteiger partial charge on any atom is 0.260 e. The van der Waals surface area contributed by atoms with Crippen LogP contribution in [0.1, 0.15) is 24.7 Å². The van der Waals surface area contributed by atoms with Crippen LogP contribution in [-0.4, -0.2) is 30.1 Å². The number of anilines is 1. The average Bonchev–Trinajstić information content (AvgIpc) is 2.50. The summed E-state index contributed by atoms with van der Waals surface area (Å²) in [6.45, 7) is 0. The van der Waals surface area contributed by atoms with E-state index in [0.29, 0.717) is 12.3 Å². The Morgan fingerprint density at radius 3 is 2.86 bits per heavy atom. The summed E-state index contributed by atoms with van der Waals surface area (Å²) in [5, 5.41) is 3.44. The number of aromatic nitrogens is 2. The first kappa shape index (κ1) is 9.45. The largest absolute Gasteiger partial charge is 0.365 e. The molecule has 1 atom stereocenters. The second-order valence-corrected chi connectivity index (χ2v) is 5.67. The zero-order valence-electron chi connectivity index (χ0n) is 7.51. The van der Waals surface area contributed by atoms with Gasteiger partial charge in [-0.05, 0) is 18.0 Å². The van der Waals surface area contributed by atoms with Crippen LogP contribution in [0.2, 0.25) is 0 Å². The standard InChI is InChI=1S/C7H11N3O3S/c8-7-9-6(13-10-7)5-2-1-3-14(11,12)4-5/h5H,1-4H2,(H2,8,10). The Hall–Kier alpha value is -1.11. The number of sulfone groups is 1. The van der Waals surface area contributed by atoms with Gasteiger partial charge in [-0.3, -0.25) is 0 Å². The van der Waals surface area contributed by atoms with Crippen molar-refractivity contribution in [2.45, 2.75) is 18.8 Å². The minimum absolute atomic E-state index is 0.0583. The van der Waals surface area contributed by atoms with Gasteiger partial charge >= 0.3 is 0 Å². The number of rotatable bonds is 1. The van der Waals surface area contributed by atoms with E-state index in [2.05, 4.69) is 10.1 Å². The van der Waals surface area contributed by atoms with Crippen LogP contribution in [0, 0.1) is 0 Å². The van der Waals surface area contributed by atoms with Crippen molar-refractivity contribution in [3.63, 3.8) is 0 Å². The molecule has 0 amide bonds. The van der Waals surface area contributed by atoms with Crippen molar-refractivity contribution < 1.29 is 12.9 Å². The van der Waals surface area contributed by atoms with Crippen LogP contribution in [0.25, 0.3) is 0 Å². The van der Waals surface area contributed by atoms with E-state index in [4.69, 9.17) is 10.3 Å². The monoisotopic (exact) mass is 217 g/mol. The predicted octanol–water partition coefficient (Wildman–Crippen LogP) is -0.0560. The van der Waals surface area contributed by atoms with Gasteiger partial charge in [0.25, 0.3) is 5.95 Å². The normalized spacial score (nSPS) is 26.1. The Labute approximate surface area is 81.4 Å². The van der Waals surface area contributed by atoms with Crippen molar-refractivity contribution in [1.29, 1.82) is 0 Å². The SMILES string of the molecule is Nc1noc(C2CCCS(=O)(=O)C2)n1. The molecule has 1 aliphatic rings. The second kappa shape index (κ2) is 3.23. The van der Waals surface area contributed by atoms with E-state index in [9.17, 15) is 8.42 Å². The van der Waals surface area contributed by atoms with Gasteiger partial charge in [-0.2, -0.15) is 4.98 Å². The summed E-state index contributed by atoms with van der Waals surface area (Å²) in [5.74, 6) is 0.564. The molecule has 0 aliphatic carbocycles. The Morgan fingerprint density at radius 2 is 2.29 bits per heavy atom. The van der Waals surface area contributed by atoms with Crippen LogP contribution in [0.3, 0.4) is 0 Å². The molecule has 1 unspecified atom stereocenters. The first-order valence-electron chi connectivity index (χ1n) is 4.36. The molecule has 1 aromatic rings. The molecule has 1 aromatic heterocycles. The number of hydrogen-bond donors (Lipinski definition) is 1. The lowest BCUT2D eigenvalue weighted by molar-refractivity contribution is 0.351. The van der Waals surface area contributed by atoms with Crippen LogP contribution in [0.15, 0.2) is 4.52 Å². The third-order valence-electron chi connectivity index (χ3n) is 2.27. The average molecular weight is 217 g/mol. The number of nitrogens with zero attached hydrogens (tertiary/aromatic N) is 2. The minimum atomic E-state index is -2.94. The molecule has 14 heavy (non-hydrogen) atoms. The van der Waals surface area contributed by atoms with Crippen molar-refractivity contribution in [2.75, 3.05) is 17.2 Å². The number of hydrogen-bond acceptors (Lipinski definition) is 6. The summed E-state index contributed by atoms with van der Waals surface area (Å²) in [6, 6.07) is 0. The first-order chi connectivity index (χ1) is 6.57. The van der Waals surface area contributed by atoms with Gasteiger partial charge in [-0.25, -0.2) is 8.42 Å². The fourth-order valence-electron chi connectivity index (χ4n) is 1.63. The van der Waals surface area contributed by atoms with E-state index >= 15 is 0 Å². The smallest absolute Gasteiger partial charge is 0.260 e. The maximum absolute atomic E-state index is 11.3. The van der Waals surface area contributed by atoms with E-state index in [1.54, 1.807) is 0 Å². The van der Waals surface area contributed by atoms with Crippen molar-refractivity contribution >= 4 is 15.8 Å². The Morgan fingerprint density at radius 1 is 1.50 bits per heavy atom. The molecule has 7 heteroatoms. The molecule has 6 nitrogen and oxygen atoms in total. The molecule has 1 fully saturated rings. The van der Waals surface area contributed by atoms with Crippen LogP contribution < -0.4 is 5.73 Å². The van der Waals surface area contributed by atoms with Gasteiger partial charge in [0, 0.05) is 0 Å². The fourth-order valence-corrected chi connectivity index (χ4v) is 3.33. The van der Waals surface area contributed by atoms with E-state index in [1.165, 1.54) is 0 Å². The molecule has 0 bridgehead atoms. The second-order valence-electron chi connectivity index (χ2n) is 3.44. The van der Waals surface area contributed by atoms with Crippen LogP contribution in [-0.2, 0) is 9.84 Å². The summed E-state index contributed by atoms with van der Waals surface area (Å²) >= 11 is 0. The zero-order valence-corrected chi connectivity index (χ0v) is 8.33. The van der Waals surface area contributed by atoms with Crippen LogP contribution in [0.4, 0.5) is 5.95 Å². The van der Waals surface area contributed by atoms with Gasteiger partial charge in [0.2, 0.25) is 5.89 Å². The summed E-state index contributed by atoms with van der Waals surface area (Å²) in [6.07, 6.45) is 1.41. The van der Waals surface area contributed by atoms with Crippen molar-refractivity contribution in [2.24, 2.45) is 0 Å². The maximum atomic E-state index is 11.3. The predicted molar refractivity (Wildman–Crippen MR) is 49.3 cm³/mol. The quantitative estimate of drug-likeness (QED) is 0.707. The van der Waals surface area contributed by atoms with Crippen LogP contribution >= 0.6 is 0 Å². The Kier molecular flexibility index (Phi) is 2.18. The summed E-state index contributed by atoms with van der Waals surface area (Å²) < 4.78 is 27.5. The molecule has 2 heterocycles. The van der Waals surface area contributed by atoms with Gasteiger partial charge in [-0.1, -0.05) is 0 Å². The van der Waals surface area contributed by atoms with Crippen molar-refractivity contribution in [3.8, 4) is 0 Å². The fraction of sp³-hybridized carbons (Fsp3) is 0.714. The van der Waals surface area contributed by atoms with Gasteiger partial charge < -0.3 is 10.3 Å². The topological polar surface area (TPSA) is 99.1 Å². The third kappa shape index (κ3) is 1.87. The van der Waals surface area contributed by atoms with Gasteiger partial charge in [0.1, 0.15) is 0 Å². The lowest BCUT2D eigenvalue weighted by atomic mass is 10.1. The van der Waals surface area contributed by atoms with E-state index in [0.717, 1.165) is 6.42 Å². The zero-order chi connectivity index (χ0) is 10.2. The van der Waals surface area contributed by atoms with E-state index < -0.39 is 9.84 Å². The Bertz CT molecular complexity index is 425. The van der Waals surface area contributed by atoms with Gasteiger partial charge in [-0.15, -0.1) is 0 Å². The van der Waals surface area contributed by atoms with Crippen LogP contribution in [0.5, 0.6) is 0 Å². The first-order valence-corrected chi connectivity index (χ1v) is 6.18. The summed E-state index contributed by atoms with van der Waals surface area (Å²) in [4.78, 5) is 3.84. The minimum Gasteiger partial charge on any atom is -0.365 e. The molecule has 78 valence electrons. The lowest BCUT2D eigenvalue weighted by Gasteiger charge is -2.17. The van der Waals surface area contributed by atoms with Gasteiger partial charge in [0.15, 0.2) is 9.84 Å². The molecule has 0 aromatic carbocycles. The highest BCUT2D eigenvalue weighted by Gasteiger charge is 2.29. The van der Waals surface area contributed by atoms with Gasteiger partial charge in [0.05, 0.1) is 17.4 Å². The van der Waals surface area contributed by atoms with E-state index in [-0.39, 0.29) is 23.4 Å². The van der Waals surface area contributed by atoms with E-state index in [1.807, 2.05) is 0 Å². The highest BCUT2D eigenvalue weighted by atomic mass is 32.2. The lowest BCUT2D eigenvalue weighted by Crippen LogP contribution is -2.23. The molecule has 1 saturated heterocycles. The molecule has 1 aliphatic heterocycles. The molecule has 2 rings (SSSR count). The molecule has 0 spiro atoms. The molecule has 2 N–H and O–H groups in total. The molecule has 0 saturated carbocycles. The van der Waals surface area contributed by atoms with Crippen molar-refractivity contribution in [1.82, 2.24) is 10.1 Å². The highest BCUT2D eigenvalue weighted by molar-refractivity contribution is 7.91. The van der Waals surface area contributed by atoms with Crippen molar-refractivity contribution in [3.05, 3.63) is 5.89 Å². The summed E-state index contributed by atoms with van der Waals surface area (Å²) in [7, 11) is -2.94. The highest BCUT2D eigenvalue weighted by Crippen LogP contribution is 2.27. The number of nitrogens with two attached hydrogens (primary N) is 1. The molecule has 0 radical (unpaired) electrons. The number of nitrogen functional groups attached to an aromatic ring is 1. The summed E-state index contributed by atoms with van der Waals surface area (Å²) in [5.41, 5.74) is 5.29. The third-order valence-corrected chi connectivity index (χ3v) is 4.09. The molecular weight excluding hydrogens is 206 g/mol. The Balaban J connectivity index is 2.20.